The summed E-state index contributed by atoms with van der Waals surface area (Å²) in [4.78, 5) is 8.92. The molecule has 0 amide bonds. The summed E-state index contributed by atoms with van der Waals surface area (Å²) in [5.41, 5.74) is 4.43. The van der Waals surface area contributed by atoms with Crippen LogP contribution in [0.5, 0.6) is 0 Å². The molecule has 0 radical (unpaired) electrons. The van der Waals surface area contributed by atoms with Crippen molar-refractivity contribution < 1.29 is 0 Å². The van der Waals surface area contributed by atoms with Gasteiger partial charge >= 0.3 is 0 Å². The molecule has 0 saturated heterocycles. The summed E-state index contributed by atoms with van der Waals surface area (Å²) in [7, 11) is 0. The molecule has 1 N–H and O–H groups in total. The number of hydrogen-bond acceptors (Lipinski definition) is 3. The summed E-state index contributed by atoms with van der Waals surface area (Å²) < 4.78 is 2.31. The number of aryl methyl sites for hydroxylation is 3. The fraction of sp³-hybridized carbons (Fsp3) is 0.368. The van der Waals surface area contributed by atoms with Crippen LogP contribution in [0, 0.1) is 19.8 Å². The van der Waals surface area contributed by atoms with Crippen molar-refractivity contribution >= 4 is 22.4 Å². The van der Waals surface area contributed by atoms with Gasteiger partial charge in [-0.1, -0.05) is 13.8 Å². The van der Waals surface area contributed by atoms with Gasteiger partial charge in [-0.05, 0) is 49.9 Å². The van der Waals surface area contributed by atoms with Crippen LogP contribution in [0.2, 0.25) is 0 Å². The Morgan fingerprint density at radius 1 is 1.09 bits per heavy atom. The molecule has 0 aliphatic rings. The summed E-state index contributed by atoms with van der Waals surface area (Å²) in [6, 6.07) is 6.25. The lowest BCUT2D eigenvalue weighted by molar-refractivity contribution is 0.524. The number of nitrogens with zero attached hydrogens (tertiary/aromatic N) is 3. The van der Waals surface area contributed by atoms with E-state index in [2.05, 4.69) is 59.0 Å². The molecule has 0 aromatic carbocycles. The van der Waals surface area contributed by atoms with Gasteiger partial charge in [-0.2, -0.15) is 0 Å². The van der Waals surface area contributed by atoms with E-state index in [1.165, 1.54) is 17.5 Å². The van der Waals surface area contributed by atoms with Crippen LogP contribution >= 0.6 is 0 Å². The normalized spacial score (nSPS) is 11.3. The molecule has 3 rings (SSSR count). The Labute approximate surface area is 137 Å². The molecule has 0 fully saturated rings. The van der Waals surface area contributed by atoms with Crippen molar-refractivity contribution in [1.29, 1.82) is 0 Å². The number of aromatic nitrogens is 3. The summed E-state index contributed by atoms with van der Waals surface area (Å²) in [5.74, 6) is 1.59. The van der Waals surface area contributed by atoms with E-state index in [4.69, 9.17) is 0 Å². The molecule has 3 heterocycles. The highest BCUT2D eigenvalue weighted by molar-refractivity contribution is 5.92. The fourth-order valence-corrected chi connectivity index (χ4v) is 2.82. The van der Waals surface area contributed by atoms with Crippen molar-refractivity contribution in [3.8, 4) is 0 Å². The minimum absolute atomic E-state index is 0.701. The van der Waals surface area contributed by atoms with Gasteiger partial charge < -0.3 is 9.88 Å². The van der Waals surface area contributed by atoms with Crippen LogP contribution in [0.25, 0.3) is 10.9 Å². The van der Waals surface area contributed by atoms with Gasteiger partial charge in [0.15, 0.2) is 0 Å². The number of hydrogen-bond donors (Lipinski definition) is 1. The quantitative estimate of drug-likeness (QED) is 0.733. The first-order valence-corrected chi connectivity index (χ1v) is 8.19. The van der Waals surface area contributed by atoms with Crippen molar-refractivity contribution in [2.45, 2.75) is 40.7 Å². The Bertz CT molecular complexity index is 797. The summed E-state index contributed by atoms with van der Waals surface area (Å²) in [6.45, 7) is 9.66. The average molecular weight is 308 g/mol. The molecule has 0 spiro atoms. The predicted molar refractivity (Wildman–Crippen MR) is 96.2 cm³/mol. The second kappa shape index (κ2) is 6.41. The first kappa shape index (κ1) is 15.5. The van der Waals surface area contributed by atoms with Crippen LogP contribution < -0.4 is 5.32 Å². The Balaban J connectivity index is 1.96. The Morgan fingerprint density at radius 3 is 2.61 bits per heavy atom. The van der Waals surface area contributed by atoms with Crippen LogP contribution in [0.15, 0.2) is 36.8 Å². The third-order valence-corrected chi connectivity index (χ3v) is 4.24. The summed E-state index contributed by atoms with van der Waals surface area (Å²) in [6.07, 6.45) is 7.04. The van der Waals surface area contributed by atoms with Crippen LogP contribution in [-0.4, -0.2) is 14.5 Å². The molecule has 3 aromatic heterocycles. The second-order valence-electron chi connectivity index (χ2n) is 6.50. The third kappa shape index (κ3) is 3.21. The molecule has 0 unspecified atom stereocenters. The van der Waals surface area contributed by atoms with Crippen molar-refractivity contribution in [2.75, 3.05) is 5.32 Å². The van der Waals surface area contributed by atoms with Crippen LogP contribution in [-0.2, 0) is 6.54 Å². The smallest absolute Gasteiger partial charge is 0.139 e. The van der Waals surface area contributed by atoms with E-state index in [0.717, 1.165) is 29.1 Å². The zero-order valence-electron chi connectivity index (χ0n) is 14.3. The number of nitrogens with one attached hydrogen (secondary N) is 1. The SMILES string of the molecule is Cc1ccnc(C)c1Nc1nccc2c1ccn2CCC(C)C. The lowest BCUT2D eigenvalue weighted by atomic mass is 10.1. The zero-order chi connectivity index (χ0) is 16.4. The topological polar surface area (TPSA) is 42.7 Å². The van der Waals surface area contributed by atoms with E-state index < -0.39 is 0 Å². The molecular formula is C19H24N4. The number of fused-ring (bicyclic) bond motifs is 1. The standard InChI is InChI=1S/C19H24N4/c1-13(2)7-11-23-12-8-16-17(23)6-10-21-19(16)22-18-14(3)5-9-20-15(18)4/h5-6,8-10,12-13H,7,11H2,1-4H3,(H,21,22). The maximum Gasteiger partial charge on any atom is 0.139 e. The maximum atomic E-state index is 4.54. The maximum absolute atomic E-state index is 4.54. The summed E-state index contributed by atoms with van der Waals surface area (Å²) in [5, 5.41) is 4.63. The number of rotatable bonds is 5. The van der Waals surface area contributed by atoms with Crippen molar-refractivity contribution in [1.82, 2.24) is 14.5 Å². The van der Waals surface area contributed by atoms with Crippen molar-refractivity contribution in [3.05, 3.63) is 48.0 Å². The van der Waals surface area contributed by atoms with Crippen LogP contribution in [0.4, 0.5) is 11.5 Å². The van der Waals surface area contributed by atoms with Gasteiger partial charge in [0.05, 0.1) is 16.9 Å². The molecule has 0 atom stereocenters. The number of anilines is 2. The molecule has 0 bridgehead atoms. The highest BCUT2D eigenvalue weighted by atomic mass is 15.0. The van der Waals surface area contributed by atoms with Gasteiger partial charge in [-0.25, -0.2) is 4.98 Å². The fourth-order valence-electron chi connectivity index (χ4n) is 2.82. The molecule has 120 valence electrons. The minimum atomic E-state index is 0.701. The molecule has 4 heteroatoms. The highest BCUT2D eigenvalue weighted by Gasteiger charge is 2.10. The third-order valence-electron chi connectivity index (χ3n) is 4.24. The Kier molecular flexibility index (Phi) is 4.33. The zero-order valence-corrected chi connectivity index (χ0v) is 14.3. The molecule has 0 saturated carbocycles. The van der Waals surface area contributed by atoms with E-state index in [-0.39, 0.29) is 0 Å². The molecule has 4 nitrogen and oxygen atoms in total. The van der Waals surface area contributed by atoms with Crippen LogP contribution in [0.1, 0.15) is 31.5 Å². The Hall–Kier alpha value is -2.36. The molecular weight excluding hydrogens is 284 g/mol. The first-order valence-electron chi connectivity index (χ1n) is 8.19. The van der Waals surface area contributed by atoms with Gasteiger partial charge in [0.1, 0.15) is 5.82 Å². The molecule has 3 aromatic rings. The monoisotopic (exact) mass is 308 g/mol. The largest absolute Gasteiger partial charge is 0.347 e. The van der Waals surface area contributed by atoms with Crippen molar-refractivity contribution in [3.63, 3.8) is 0 Å². The lowest BCUT2D eigenvalue weighted by Crippen LogP contribution is -2.02. The van der Waals surface area contributed by atoms with Crippen LogP contribution in [0.3, 0.4) is 0 Å². The highest BCUT2D eigenvalue weighted by Crippen LogP contribution is 2.28. The Morgan fingerprint density at radius 2 is 1.87 bits per heavy atom. The van der Waals surface area contributed by atoms with E-state index >= 15 is 0 Å². The van der Waals surface area contributed by atoms with Gasteiger partial charge in [0.25, 0.3) is 0 Å². The molecule has 0 aliphatic heterocycles. The van der Waals surface area contributed by atoms with E-state index in [0.29, 0.717) is 5.92 Å². The molecule has 0 aliphatic carbocycles. The second-order valence-corrected chi connectivity index (χ2v) is 6.50. The first-order chi connectivity index (χ1) is 11.1. The van der Waals surface area contributed by atoms with Gasteiger partial charge in [0, 0.05) is 30.5 Å². The minimum Gasteiger partial charge on any atom is -0.347 e. The van der Waals surface area contributed by atoms with E-state index in [1.54, 1.807) is 0 Å². The van der Waals surface area contributed by atoms with Gasteiger partial charge in [0.2, 0.25) is 0 Å². The lowest BCUT2D eigenvalue weighted by Gasteiger charge is -2.12. The number of pyridine rings is 2. The molecule has 23 heavy (non-hydrogen) atoms. The van der Waals surface area contributed by atoms with Crippen molar-refractivity contribution in [2.24, 2.45) is 5.92 Å². The summed E-state index contributed by atoms with van der Waals surface area (Å²) >= 11 is 0. The van der Waals surface area contributed by atoms with Gasteiger partial charge in [-0.15, -0.1) is 0 Å². The van der Waals surface area contributed by atoms with Gasteiger partial charge in [-0.3, -0.25) is 4.98 Å². The average Bonchev–Trinajstić information content (AvgIpc) is 2.93. The van der Waals surface area contributed by atoms with E-state index in [1.807, 2.05) is 25.4 Å². The predicted octanol–water partition coefficient (Wildman–Crippen LogP) is 4.84. The van der Waals surface area contributed by atoms with E-state index in [9.17, 15) is 0 Å².